The van der Waals surface area contributed by atoms with Crippen LogP contribution >= 0.6 is 0 Å². The van der Waals surface area contributed by atoms with Gasteiger partial charge in [0.1, 0.15) is 17.3 Å². The Labute approximate surface area is 488 Å². The predicted octanol–water partition coefficient (Wildman–Crippen LogP) is 20.7. The largest absolute Gasteiger partial charge is 0.503 e. The summed E-state index contributed by atoms with van der Waals surface area (Å²) in [5.41, 5.74) is 19.0. The molecule has 0 atom stereocenters. The molecule has 5 nitrogen and oxygen atoms in total. The highest BCUT2D eigenvalue weighted by Crippen LogP contribution is 2.49. The van der Waals surface area contributed by atoms with E-state index in [1.165, 1.54) is 33.4 Å². The number of aromatic nitrogens is 2. The first-order valence-corrected chi connectivity index (χ1v) is 28.9. The van der Waals surface area contributed by atoms with Crippen molar-refractivity contribution in [3.05, 3.63) is 240 Å². The van der Waals surface area contributed by atoms with Crippen LogP contribution in [0, 0.1) is 6.85 Å². The predicted molar refractivity (Wildman–Crippen MR) is 345 cm³/mol. The van der Waals surface area contributed by atoms with E-state index >= 15 is 0 Å². The van der Waals surface area contributed by atoms with E-state index in [-0.39, 0.29) is 27.2 Å². The lowest BCUT2D eigenvalue weighted by molar-refractivity contribution is 0.332. The van der Waals surface area contributed by atoms with E-state index in [1.807, 2.05) is 18.2 Å². The van der Waals surface area contributed by atoms with Crippen molar-refractivity contribution in [2.24, 2.45) is 0 Å². The van der Waals surface area contributed by atoms with Crippen LogP contribution in [0.15, 0.2) is 212 Å². The topological polar surface area (TPSA) is 33.1 Å². The number of nitrogens with zero attached hydrogens (tertiary/aromatic N) is 4. The minimum absolute atomic E-state index is 0.0306. The van der Waals surface area contributed by atoms with Crippen molar-refractivity contribution < 1.29 is 8.85 Å². The number of hydrogen-bond donors (Lipinski definition) is 0. The minimum atomic E-state index is -2.42. The third-order valence-corrected chi connectivity index (χ3v) is 17.3. The van der Waals surface area contributed by atoms with Gasteiger partial charge in [0.05, 0.1) is 28.2 Å². The summed E-state index contributed by atoms with van der Waals surface area (Å²) in [6.45, 7) is 20.3. The zero-order chi connectivity index (χ0) is 59.4. The van der Waals surface area contributed by atoms with Gasteiger partial charge in [0.2, 0.25) is 11.4 Å². The molecule has 0 bridgehead atoms. The van der Waals surface area contributed by atoms with Gasteiger partial charge in [0.25, 0.3) is 11.4 Å². The SMILES string of the molecule is [2H]C([2H])([2H])c1cc(-n2c3ccc(C(C)(C)C)cc3c3ccc(Oc4cccc([N+]5=C=[N+](c6c(-c7ccccc7)cccc6-c6cc(-c7ccccc7)cc(C(C)(C)C)c6)c6ccccc65)c4)cc32)ncc1-c1ccc2c(c1)C(C)(C)CCC2(C)C. The van der Waals surface area contributed by atoms with Crippen molar-refractivity contribution in [2.45, 2.75) is 111 Å². The van der Waals surface area contributed by atoms with Gasteiger partial charge in [0, 0.05) is 50.9 Å². The van der Waals surface area contributed by atoms with E-state index in [4.69, 9.17) is 13.8 Å². The van der Waals surface area contributed by atoms with Gasteiger partial charge in [-0.1, -0.05) is 191 Å². The number of para-hydroxylation sites is 3. The summed E-state index contributed by atoms with van der Waals surface area (Å²) in [5, 5.41) is 2.06. The fourth-order valence-electron chi connectivity index (χ4n) is 12.5. The van der Waals surface area contributed by atoms with Crippen LogP contribution in [0.5, 0.6) is 11.5 Å². The molecule has 0 N–H and O–H groups in total. The molecule has 1 aliphatic carbocycles. The minimum Gasteiger partial charge on any atom is -0.457 e. The molecule has 3 heterocycles. The second kappa shape index (κ2) is 19.7. The van der Waals surface area contributed by atoms with Gasteiger partial charge in [-0.25, -0.2) is 4.98 Å². The number of pyridine rings is 1. The van der Waals surface area contributed by atoms with Crippen molar-refractivity contribution in [3.8, 4) is 61.8 Å². The number of aryl methyl sites for hydroxylation is 1. The van der Waals surface area contributed by atoms with E-state index in [0.29, 0.717) is 22.9 Å². The Kier molecular flexibility index (Phi) is 11.8. The third-order valence-electron chi connectivity index (χ3n) is 17.3. The maximum atomic E-state index is 8.99. The molecule has 2 aliphatic rings. The van der Waals surface area contributed by atoms with Crippen molar-refractivity contribution in [1.29, 1.82) is 0 Å². The number of rotatable bonds is 9. The summed E-state index contributed by atoms with van der Waals surface area (Å²) in [6, 6.07) is 76.6. The maximum Gasteiger partial charge on any atom is 0.503 e. The third kappa shape index (κ3) is 9.37. The van der Waals surface area contributed by atoms with Gasteiger partial charge < -0.3 is 4.74 Å². The van der Waals surface area contributed by atoms with E-state index in [1.54, 1.807) is 12.3 Å². The number of fused-ring (bicyclic) bond motifs is 5. The lowest BCUT2D eigenvalue weighted by Gasteiger charge is -2.42. The molecular weight excluding hydrogens is 997 g/mol. The number of ether oxygens (including phenoxy) is 1. The summed E-state index contributed by atoms with van der Waals surface area (Å²) < 4.78 is 40.4. The molecule has 0 fully saturated rings. The molecule has 82 heavy (non-hydrogen) atoms. The number of benzene rings is 9. The second-order valence-electron chi connectivity index (χ2n) is 26.0. The summed E-state index contributed by atoms with van der Waals surface area (Å²) >= 11 is 0. The first-order valence-electron chi connectivity index (χ1n) is 30.4. The average molecular weight is 1070 g/mol. The van der Waals surface area contributed by atoms with Gasteiger partial charge in [-0.15, -0.1) is 0 Å². The van der Waals surface area contributed by atoms with E-state index < -0.39 is 6.85 Å². The average Bonchev–Trinajstić information content (AvgIpc) is 1.98. The Morgan fingerprint density at radius 3 is 1.85 bits per heavy atom. The Balaban J connectivity index is 0.937. The standard InChI is InChI=1S/C77H72N4O/c1-50-40-72(78-48-65(50)53-32-36-66-67(44-53)77(10,11)39-38-76(66,8)9)81-68-37-33-56(74(2,3)4)45-64(68)63-35-34-60(47-71(63)81)82-59-27-20-26-58(46-59)79-49-80(70-31-19-18-30-69(70)79)73-61(52-24-16-13-17-25-52)28-21-29-62(73)55-41-54(51-22-14-12-15-23-51)42-57(43-55)75(5,6)7/h12-37,40-48H,38-39H2,1-11H3/q+2/i1D3. The van der Waals surface area contributed by atoms with Crippen LogP contribution in [0.3, 0.4) is 0 Å². The van der Waals surface area contributed by atoms with Gasteiger partial charge in [-0.2, -0.15) is 0 Å². The van der Waals surface area contributed by atoms with Crippen LogP contribution in [-0.4, -0.2) is 15.6 Å². The maximum absolute atomic E-state index is 8.99. The molecule has 0 saturated carbocycles. The van der Waals surface area contributed by atoms with E-state index in [9.17, 15) is 0 Å². The van der Waals surface area contributed by atoms with Crippen molar-refractivity contribution in [3.63, 3.8) is 0 Å². The quantitative estimate of drug-likeness (QED) is 0.135. The van der Waals surface area contributed by atoms with Crippen LogP contribution in [0.25, 0.3) is 72.1 Å². The van der Waals surface area contributed by atoms with Crippen molar-refractivity contribution in [1.82, 2.24) is 18.7 Å². The molecule has 0 saturated heterocycles. The molecule has 2 aromatic heterocycles. The zero-order valence-electron chi connectivity index (χ0n) is 51.8. The Morgan fingerprint density at radius 2 is 1.13 bits per heavy atom. The highest BCUT2D eigenvalue weighted by molar-refractivity contribution is 6.10. The first-order chi connectivity index (χ1) is 40.5. The molecular formula is C77H72N4O+2. The van der Waals surface area contributed by atoms with Crippen molar-refractivity contribution in [2.75, 3.05) is 0 Å². The molecule has 11 aromatic rings. The van der Waals surface area contributed by atoms with Gasteiger partial charge in [0.15, 0.2) is 0 Å². The molecule has 0 unspecified atom stereocenters. The lowest BCUT2D eigenvalue weighted by Crippen LogP contribution is -2.33. The van der Waals surface area contributed by atoms with Crippen LogP contribution < -0.4 is 13.9 Å². The molecule has 5 heteroatoms. The Bertz CT molecular complexity index is 4540. The summed E-state index contributed by atoms with van der Waals surface area (Å²) in [5.74, 6) is 1.80. The van der Waals surface area contributed by atoms with Crippen LogP contribution in [0.1, 0.15) is 114 Å². The summed E-state index contributed by atoms with van der Waals surface area (Å²) in [6.07, 6.45) is 3.92. The van der Waals surface area contributed by atoms with Crippen LogP contribution in [0.2, 0.25) is 0 Å². The Morgan fingerprint density at radius 1 is 0.488 bits per heavy atom. The van der Waals surface area contributed by atoms with E-state index in [2.05, 4.69) is 271 Å². The fraction of sp³-hybridized carbons (Fsp3) is 0.221. The monoisotopic (exact) mass is 1070 g/mol. The van der Waals surface area contributed by atoms with Gasteiger partial charge in [-0.05, 0) is 161 Å². The van der Waals surface area contributed by atoms with Crippen LogP contribution in [0.4, 0.5) is 22.7 Å². The zero-order valence-corrected chi connectivity index (χ0v) is 48.8. The smallest absolute Gasteiger partial charge is 0.457 e. The highest BCUT2D eigenvalue weighted by atomic mass is 16.5. The lowest BCUT2D eigenvalue weighted by atomic mass is 9.63. The molecule has 0 amide bonds. The summed E-state index contributed by atoms with van der Waals surface area (Å²) in [4.78, 5) is 5.17. The van der Waals surface area contributed by atoms with Crippen molar-refractivity contribution >= 4 is 50.6 Å². The molecule has 9 aromatic carbocycles. The fourth-order valence-corrected chi connectivity index (χ4v) is 12.5. The second-order valence-corrected chi connectivity index (χ2v) is 26.0. The Hall–Kier alpha value is -8.89. The van der Waals surface area contributed by atoms with Gasteiger partial charge in [-0.3, -0.25) is 4.57 Å². The molecule has 13 rings (SSSR count). The van der Waals surface area contributed by atoms with E-state index in [0.717, 1.165) is 85.2 Å². The molecule has 0 spiro atoms. The summed E-state index contributed by atoms with van der Waals surface area (Å²) in [7, 11) is 0. The molecule has 0 radical (unpaired) electrons. The highest BCUT2D eigenvalue weighted by Gasteiger charge is 2.40. The molecule has 1 aliphatic heterocycles. The number of hydrogen-bond acceptors (Lipinski definition) is 2. The van der Waals surface area contributed by atoms with Gasteiger partial charge >= 0.3 is 6.01 Å². The normalized spacial score (nSPS) is 15.3. The molecule has 404 valence electrons. The first kappa shape index (κ1) is 49.0. The van der Waals surface area contributed by atoms with Crippen LogP contribution in [-0.2, 0) is 21.7 Å².